The lowest BCUT2D eigenvalue weighted by atomic mass is 9.74. The molecule has 0 radical (unpaired) electrons. The first-order chi connectivity index (χ1) is 12.0. The number of fused-ring (bicyclic) bond motifs is 1. The molecule has 1 aromatic carbocycles. The van der Waals surface area contributed by atoms with Crippen LogP contribution in [0.25, 0.3) is 0 Å². The van der Waals surface area contributed by atoms with Crippen LogP contribution in [0.3, 0.4) is 0 Å². The van der Waals surface area contributed by atoms with Crippen molar-refractivity contribution < 1.29 is 4.79 Å². The third kappa shape index (κ3) is 2.86. The van der Waals surface area contributed by atoms with Gasteiger partial charge in [-0.1, -0.05) is 24.3 Å². The highest BCUT2D eigenvalue weighted by Crippen LogP contribution is 2.38. The Morgan fingerprint density at radius 3 is 2.68 bits per heavy atom. The first-order valence-corrected chi connectivity index (χ1v) is 8.46. The van der Waals surface area contributed by atoms with Crippen LogP contribution in [-0.4, -0.2) is 26.9 Å². The number of aromatic amines is 2. The maximum Gasteiger partial charge on any atom is 0.325 e. The van der Waals surface area contributed by atoms with Crippen LogP contribution in [0.2, 0.25) is 0 Å². The van der Waals surface area contributed by atoms with Crippen molar-refractivity contribution in [2.45, 2.75) is 44.8 Å². The topological polar surface area (TPSA) is 98.1 Å². The van der Waals surface area contributed by atoms with Crippen molar-refractivity contribution in [1.82, 2.24) is 20.2 Å². The zero-order valence-corrected chi connectivity index (χ0v) is 14.0. The van der Waals surface area contributed by atoms with E-state index in [1.165, 1.54) is 11.1 Å². The highest BCUT2D eigenvalue weighted by Gasteiger charge is 2.34. The van der Waals surface area contributed by atoms with E-state index in [-0.39, 0.29) is 25.2 Å². The highest BCUT2D eigenvalue weighted by atomic mass is 16.2. The van der Waals surface area contributed by atoms with Crippen molar-refractivity contribution in [2.24, 2.45) is 0 Å². The van der Waals surface area contributed by atoms with Crippen molar-refractivity contribution in [2.75, 3.05) is 0 Å². The molecule has 2 aromatic rings. The quantitative estimate of drug-likeness (QED) is 0.769. The molecular formula is C18H20N4O3. The smallest absolute Gasteiger partial charge is 0.325 e. The van der Waals surface area contributed by atoms with E-state index in [0.29, 0.717) is 17.2 Å². The second-order valence-electron chi connectivity index (χ2n) is 6.89. The Bertz CT molecular complexity index is 940. The molecule has 3 N–H and O–H groups in total. The van der Waals surface area contributed by atoms with Crippen LogP contribution in [-0.2, 0) is 13.1 Å². The largest absolute Gasteiger partial charge is 0.335 e. The number of amides is 2. The molecule has 4 rings (SSSR count). The van der Waals surface area contributed by atoms with Gasteiger partial charge >= 0.3 is 11.7 Å². The van der Waals surface area contributed by atoms with Crippen molar-refractivity contribution in [3.8, 4) is 0 Å². The summed E-state index contributed by atoms with van der Waals surface area (Å²) in [7, 11) is 0. The third-order valence-electron chi connectivity index (χ3n) is 5.21. The van der Waals surface area contributed by atoms with Gasteiger partial charge in [0.1, 0.15) is 0 Å². The number of benzene rings is 1. The van der Waals surface area contributed by atoms with E-state index < -0.39 is 11.2 Å². The Balaban J connectivity index is 1.36. The lowest BCUT2D eigenvalue weighted by molar-refractivity contribution is 0.182. The first kappa shape index (κ1) is 15.7. The van der Waals surface area contributed by atoms with Gasteiger partial charge in [-0.25, -0.2) is 9.59 Å². The summed E-state index contributed by atoms with van der Waals surface area (Å²) in [5, 5.41) is 3.03. The number of carbonyl (C=O) groups is 1. The molecule has 2 aliphatic rings. The SMILES string of the molecule is Cc1ccccc1C1CC(NC(=O)N2Cc3[nH]c(=O)[nH]c(=O)c3C2)C1. The molecule has 0 unspecified atom stereocenters. The van der Waals surface area contributed by atoms with Crippen molar-refractivity contribution in [1.29, 1.82) is 0 Å². The molecule has 2 heterocycles. The fourth-order valence-electron chi connectivity index (χ4n) is 3.74. The van der Waals surface area contributed by atoms with Gasteiger partial charge in [-0.2, -0.15) is 0 Å². The molecule has 2 amide bonds. The van der Waals surface area contributed by atoms with Crippen LogP contribution < -0.4 is 16.6 Å². The molecule has 1 aliphatic heterocycles. The van der Waals surface area contributed by atoms with Gasteiger partial charge in [-0.3, -0.25) is 9.78 Å². The molecule has 7 heteroatoms. The Morgan fingerprint density at radius 1 is 1.16 bits per heavy atom. The molecule has 0 atom stereocenters. The third-order valence-corrected chi connectivity index (χ3v) is 5.21. The number of aromatic nitrogens is 2. The number of hydrogen-bond acceptors (Lipinski definition) is 3. The summed E-state index contributed by atoms with van der Waals surface area (Å²) in [6.45, 7) is 2.59. The number of nitrogens with zero attached hydrogens (tertiary/aromatic N) is 1. The van der Waals surface area contributed by atoms with E-state index >= 15 is 0 Å². The normalized spacial score (nSPS) is 21.6. The molecule has 1 aliphatic carbocycles. The second kappa shape index (κ2) is 5.91. The van der Waals surface area contributed by atoms with Gasteiger partial charge in [0.15, 0.2) is 0 Å². The molecule has 1 fully saturated rings. The average molecular weight is 340 g/mol. The number of rotatable bonds is 2. The molecular weight excluding hydrogens is 320 g/mol. The highest BCUT2D eigenvalue weighted by molar-refractivity contribution is 5.75. The number of aryl methyl sites for hydroxylation is 1. The molecule has 1 saturated carbocycles. The van der Waals surface area contributed by atoms with Crippen molar-refractivity contribution >= 4 is 6.03 Å². The number of H-pyrrole nitrogens is 2. The lowest BCUT2D eigenvalue weighted by Crippen LogP contribution is -2.48. The Hall–Kier alpha value is -2.83. The van der Waals surface area contributed by atoms with Crippen LogP contribution in [0.1, 0.15) is 41.1 Å². The minimum Gasteiger partial charge on any atom is -0.335 e. The number of urea groups is 1. The summed E-state index contributed by atoms with van der Waals surface area (Å²) in [5.41, 5.74) is 2.67. The maximum atomic E-state index is 12.4. The monoisotopic (exact) mass is 340 g/mol. The van der Waals surface area contributed by atoms with Crippen molar-refractivity contribution in [3.63, 3.8) is 0 Å². The van der Waals surface area contributed by atoms with Gasteiger partial charge in [0, 0.05) is 11.7 Å². The standard InChI is InChI=1S/C18H20N4O3/c1-10-4-2-3-5-13(10)11-6-12(7-11)19-18(25)22-8-14-15(9-22)20-17(24)21-16(14)23/h2-5,11-12H,6-9H2,1H3,(H,19,25)(H2,20,21,23,24). The molecule has 0 bridgehead atoms. The van der Waals surface area contributed by atoms with E-state index in [0.717, 1.165) is 12.8 Å². The Labute approximate surface area is 144 Å². The maximum absolute atomic E-state index is 12.4. The molecule has 130 valence electrons. The Morgan fingerprint density at radius 2 is 1.92 bits per heavy atom. The molecule has 1 aromatic heterocycles. The summed E-state index contributed by atoms with van der Waals surface area (Å²) in [5.74, 6) is 0.487. The van der Waals surface area contributed by atoms with E-state index in [1.54, 1.807) is 4.90 Å². The van der Waals surface area contributed by atoms with Crippen molar-refractivity contribution in [3.05, 3.63) is 67.5 Å². The minimum atomic E-state index is -0.536. The van der Waals surface area contributed by atoms with Crippen LogP contribution in [0.5, 0.6) is 0 Å². The summed E-state index contributed by atoms with van der Waals surface area (Å²) < 4.78 is 0. The van der Waals surface area contributed by atoms with Gasteiger partial charge in [0.2, 0.25) is 0 Å². The summed E-state index contributed by atoms with van der Waals surface area (Å²) in [4.78, 5) is 41.9. The summed E-state index contributed by atoms with van der Waals surface area (Å²) in [6, 6.07) is 8.31. The fourth-order valence-corrected chi connectivity index (χ4v) is 3.74. The Kier molecular flexibility index (Phi) is 3.71. The van der Waals surface area contributed by atoms with E-state index in [1.807, 2.05) is 12.1 Å². The predicted molar refractivity (Wildman–Crippen MR) is 92.4 cm³/mol. The zero-order valence-electron chi connectivity index (χ0n) is 14.0. The minimum absolute atomic E-state index is 0.151. The van der Waals surface area contributed by atoms with Crippen LogP contribution in [0.4, 0.5) is 4.79 Å². The van der Waals surface area contributed by atoms with E-state index in [4.69, 9.17) is 0 Å². The first-order valence-electron chi connectivity index (χ1n) is 8.46. The van der Waals surface area contributed by atoms with E-state index in [2.05, 4.69) is 34.3 Å². The van der Waals surface area contributed by atoms with Crippen LogP contribution in [0, 0.1) is 6.92 Å². The number of carbonyl (C=O) groups excluding carboxylic acids is 1. The summed E-state index contributed by atoms with van der Waals surface area (Å²) >= 11 is 0. The van der Waals surface area contributed by atoms with Gasteiger partial charge in [0.25, 0.3) is 5.56 Å². The molecule has 25 heavy (non-hydrogen) atoms. The predicted octanol–water partition coefficient (Wildman–Crippen LogP) is 1.34. The second-order valence-corrected chi connectivity index (χ2v) is 6.89. The van der Waals surface area contributed by atoms with Gasteiger partial charge in [0.05, 0.1) is 18.7 Å². The number of hydrogen-bond donors (Lipinski definition) is 3. The molecule has 0 spiro atoms. The number of nitrogens with one attached hydrogen (secondary N) is 3. The van der Waals surface area contributed by atoms with Gasteiger partial charge in [-0.15, -0.1) is 0 Å². The average Bonchev–Trinajstić information content (AvgIpc) is 2.96. The molecule has 7 nitrogen and oxygen atoms in total. The van der Waals surface area contributed by atoms with Crippen LogP contribution >= 0.6 is 0 Å². The van der Waals surface area contributed by atoms with Crippen LogP contribution in [0.15, 0.2) is 33.9 Å². The fraction of sp³-hybridized carbons (Fsp3) is 0.389. The van der Waals surface area contributed by atoms with Gasteiger partial charge in [-0.05, 0) is 36.8 Å². The summed E-state index contributed by atoms with van der Waals surface area (Å²) in [6.07, 6.45) is 1.85. The molecule has 0 saturated heterocycles. The van der Waals surface area contributed by atoms with Gasteiger partial charge < -0.3 is 15.2 Å². The zero-order chi connectivity index (χ0) is 17.6. The lowest BCUT2D eigenvalue weighted by Gasteiger charge is -2.37. The van der Waals surface area contributed by atoms with E-state index in [9.17, 15) is 14.4 Å².